The molecule has 0 aliphatic carbocycles. The summed E-state index contributed by atoms with van der Waals surface area (Å²) in [6.45, 7) is 2.83. The molecule has 0 spiro atoms. The van der Waals surface area contributed by atoms with Gasteiger partial charge in [0, 0.05) is 26.2 Å². The smallest absolute Gasteiger partial charge is 0.374 e. The summed E-state index contributed by atoms with van der Waals surface area (Å²) in [5.74, 6) is -1.54. The number of sulfonamides is 1. The SMILES string of the molecule is CCOC(=O)c1ccc(S(=O)(=O)N2CCCC(C(=O)NCCN)C2)o1.Cl. The summed E-state index contributed by atoms with van der Waals surface area (Å²) in [6.07, 6.45) is 1.17. The quantitative estimate of drug-likeness (QED) is 0.621. The first kappa shape index (κ1) is 22.4. The lowest BCUT2D eigenvalue weighted by Gasteiger charge is -2.30. The molecule has 148 valence electrons. The zero-order chi connectivity index (χ0) is 18.4. The lowest BCUT2D eigenvalue weighted by molar-refractivity contribution is -0.126. The predicted octanol–water partition coefficient (Wildman–Crippen LogP) is 0.354. The van der Waals surface area contributed by atoms with E-state index in [2.05, 4.69) is 5.32 Å². The molecule has 1 aliphatic heterocycles. The summed E-state index contributed by atoms with van der Waals surface area (Å²) >= 11 is 0. The normalized spacial score (nSPS) is 18.0. The van der Waals surface area contributed by atoms with E-state index in [0.717, 1.165) is 0 Å². The van der Waals surface area contributed by atoms with Crippen LogP contribution in [0.1, 0.15) is 30.3 Å². The van der Waals surface area contributed by atoms with E-state index in [-0.39, 0.29) is 42.3 Å². The van der Waals surface area contributed by atoms with Crippen LogP contribution in [-0.4, -0.2) is 57.4 Å². The summed E-state index contributed by atoms with van der Waals surface area (Å²) in [7, 11) is -3.92. The van der Waals surface area contributed by atoms with Crippen LogP contribution in [0.5, 0.6) is 0 Å². The number of esters is 1. The third-order valence-corrected chi connectivity index (χ3v) is 5.59. The van der Waals surface area contributed by atoms with E-state index >= 15 is 0 Å². The second-order valence-electron chi connectivity index (χ2n) is 5.62. The Hall–Kier alpha value is -1.62. The molecule has 1 aliphatic rings. The van der Waals surface area contributed by atoms with Crippen molar-refractivity contribution in [3.63, 3.8) is 0 Å². The van der Waals surface area contributed by atoms with Crippen molar-refractivity contribution in [3.8, 4) is 0 Å². The van der Waals surface area contributed by atoms with Crippen molar-refractivity contribution in [3.05, 3.63) is 17.9 Å². The average Bonchev–Trinajstić information content (AvgIpc) is 3.11. The van der Waals surface area contributed by atoms with Gasteiger partial charge in [0.15, 0.2) is 0 Å². The molecule has 2 heterocycles. The van der Waals surface area contributed by atoms with Crippen molar-refractivity contribution < 1.29 is 27.2 Å². The maximum atomic E-state index is 12.7. The number of hydrogen-bond acceptors (Lipinski definition) is 7. The standard InChI is InChI=1S/C15H23N3O6S.ClH/c1-2-23-15(20)12-5-6-13(24-12)25(21,22)18-9-3-4-11(10-18)14(19)17-8-7-16;/h5-6,11H,2-4,7-10,16H2,1H3,(H,17,19);1H. The number of nitrogens with one attached hydrogen (secondary N) is 1. The van der Waals surface area contributed by atoms with Crippen LogP contribution in [0, 0.1) is 5.92 Å². The molecule has 1 aromatic rings. The molecule has 0 aromatic carbocycles. The number of carbonyl (C=O) groups is 2. The van der Waals surface area contributed by atoms with Gasteiger partial charge in [-0.05, 0) is 31.9 Å². The molecular formula is C15H24ClN3O6S. The number of amides is 1. The van der Waals surface area contributed by atoms with Crippen LogP contribution in [0.25, 0.3) is 0 Å². The summed E-state index contributed by atoms with van der Waals surface area (Å²) < 4.78 is 36.5. The predicted molar refractivity (Wildman–Crippen MR) is 95.5 cm³/mol. The van der Waals surface area contributed by atoms with E-state index in [1.54, 1.807) is 6.92 Å². The number of ether oxygens (including phenoxy) is 1. The summed E-state index contributed by atoms with van der Waals surface area (Å²) in [5, 5.41) is 2.34. The Balaban J connectivity index is 0.00000338. The number of carbonyl (C=O) groups excluding carboxylic acids is 2. The van der Waals surface area contributed by atoms with Crippen LogP contribution in [0.3, 0.4) is 0 Å². The van der Waals surface area contributed by atoms with Crippen LogP contribution in [0.2, 0.25) is 0 Å². The topological polar surface area (TPSA) is 132 Å². The van der Waals surface area contributed by atoms with Crippen LogP contribution in [-0.2, 0) is 19.6 Å². The molecule has 0 saturated carbocycles. The highest BCUT2D eigenvalue weighted by Crippen LogP contribution is 2.25. The summed E-state index contributed by atoms with van der Waals surface area (Å²) in [5.41, 5.74) is 5.36. The van der Waals surface area contributed by atoms with Gasteiger partial charge in [0.2, 0.25) is 16.8 Å². The van der Waals surface area contributed by atoms with Gasteiger partial charge in [-0.3, -0.25) is 4.79 Å². The second-order valence-corrected chi connectivity index (χ2v) is 7.49. The van der Waals surface area contributed by atoms with Gasteiger partial charge < -0.3 is 20.2 Å². The van der Waals surface area contributed by atoms with Crippen LogP contribution in [0.15, 0.2) is 21.6 Å². The molecule has 3 N–H and O–H groups in total. The number of rotatable bonds is 7. The highest BCUT2D eigenvalue weighted by molar-refractivity contribution is 7.89. The van der Waals surface area contributed by atoms with Crippen molar-refractivity contribution in [2.24, 2.45) is 11.7 Å². The largest absolute Gasteiger partial charge is 0.460 e. The first-order valence-electron chi connectivity index (χ1n) is 8.15. The van der Waals surface area contributed by atoms with E-state index in [1.165, 1.54) is 16.4 Å². The lowest BCUT2D eigenvalue weighted by atomic mass is 9.99. The first-order chi connectivity index (χ1) is 11.9. The fraction of sp³-hybridized carbons (Fsp3) is 0.600. The molecular weight excluding hydrogens is 386 g/mol. The minimum Gasteiger partial charge on any atom is -0.460 e. The molecule has 0 radical (unpaired) electrons. The van der Waals surface area contributed by atoms with Gasteiger partial charge in [0.25, 0.3) is 10.0 Å². The third kappa shape index (κ3) is 5.19. The minimum absolute atomic E-state index is 0. The van der Waals surface area contributed by atoms with Gasteiger partial charge in [-0.15, -0.1) is 12.4 Å². The Kier molecular flexibility index (Phi) is 8.54. The van der Waals surface area contributed by atoms with Gasteiger partial charge in [0.05, 0.1) is 12.5 Å². The van der Waals surface area contributed by atoms with E-state index in [1.807, 2.05) is 0 Å². The number of hydrogen-bond donors (Lipinski definition) is 2. The Bertz CT molecular complexity index is 721. The molecule has 9 nitrogen and oxygen atoms in total. The Morgan fingerprint density at radius 3 is 2.81 bits per heavy atom. The van der Waals surface area contributed by atoms with Gasteiger partial charge >= 0.3 is 5.97 Å². The van der Waals surface area contributed by atoms with Crippen molar-refractivity contribution in [2.75, 3.05) is 32.8 Å². The highest BCUT2D eigenvalue weighted by atomic mass is 35.5. The molecule has 1 atom stereocenters. The van der Waals surface area contributed by atoms with Crippen LogP contribution < -0.4 is 11.1 Å². The lowest BCUT2D eigenvalue weighted by Crippen LogP contribution is -2.46. The molecule has 1 saturated heterocycles. The number of piperidine rings is 1. The fourth-order valence-corrected chi connectivity index (χ4v) is 4.05. The van der Waals surface area contributed by atoms with Crippen LogP contribution in [0.4, 0.5) is 0 Å². The molecule has 0 bridgehead atoms. The summed E-state index contributed by atoms with van der Waals surface area (Å²) in [6, 6.07) is 2.49. The highest BCUT2D eigenvalue weighted by Gasteiger charge is 2.35. The Labute approximate surface area is 158 Å². The number of nitrogens with two attached hydrogens (primary N) is 1. The van der Waals surface area contributed by atoms with Gasteiger partial charge in [0.1, 0.15) is 0 Å². The molecule has 11 heteroatoms. The van der Waals surface area contributed by atoms with Gasteiger partial charge in [-0.2, -0.15) is 4.31 Å². The summed E-state index contributed by atoms with van der Waals surface area (Å²) in [4.78, 5) is 23.7. The zero-order valence-corrected chi connectivity index (χ0v) is 16.1. The minimum atomic E-state index is -3.92. The van der Waals surface area contributed by atoms with Crippen molar-refractivity contribution in [1.29, 1.82) is 0 Å². The monoisotopic (exact) mass is 409 g/mol. The number of furan rings is 1. The van der Waals surface area contributed by atoms with E-state index in [9.17, 15) is 18.0 Å². The molecule has 26 heavy (non-hydrogen) atoms. The fourth-order valence-electron chi connectivity index (χ4n) is 2.61. The maximum absolute atomic E-state index is 12.7. The molecule has 1 amide bonds. The van der Waals surface area contributed by atoms with E-state index in [4.69, 9.17) is 14.9 Å². The zero-order valence-electron chi connectivity index (χ0n) is 14.5. The third-order valence-electron chi connectivity index (χ3n) is 3.85. The van der Waals surface area contributed by atoms with Crippen molar-refractivity contribution >= 4 is 34.3 Å². The van der Waals surface area contributed by atoms with Gasteiger partial charge in [-0.1, -0.05) is 0 Å². The number of nitrogens with zero attached hydrogens (tertiary/aromatic N) is 1. The van der Waals surface area contributed by atoms with E-state index < -0.39 is 21.9 Å². The molecule has 1 aromatic heterocycles. The Morgan fingerprint density at radius 1 is 1.42 bits per heavy atom. The van der Waals surface area contributed by atoms with Gasteiger partial charge in [-0.25, -0.2) is 13.2 Å². The van der Waals surface area contributed by atoms with Crippen LogP contribution >= 0.6 is 12.4 Å². The first-order valence-corrected chi connectivity index (χ1v) is 9.59. The number of halogens is 1. The molecule has 1 fully saturated rings. The maximum Gasteiger partial charge on any atom is 0.374 e. The Morgan fingerprint density at radius 2 is 2.15 bits per heavy atom. The second kappa shape index (κ2) is 9.91. The molecule has 2 rings (SSSR count). The van der Waals surface area contributed by atoms with E-state index in [0.29, 0.717) is 32.5 Å². The molecule has 1 unspecified atom stereocenters. The van der Waals surface area contributed by atoms with Crippen molar-refractivity contribution in [1.82, 2.24) is 9.62 Å². The van der Waals surface area contributed by atoms with Crippen molar-refractivity contribution in [2.45, 2.75) is 24.9 Å². The average molecular weight is 410 g/mol.